The molecule has 0 saturated carbocycles. The predicted octanol–water partition coefficient (Wildman–Crippen LogP) is 3.13. The van der Waals surface area contributed by atoms with Crippen LogP contribution in [0.2, 0.25) is 0 Å². The third-order valence-electron chi connectivity index (χ3n) is 3.85. The van der Waals surface area contributed by atoms with Gasteiger partial charge in [0.1, 0.15) is 11.6 Å². The summed E-state index contributed by atoms with van der Waals surface area (Å²) >= 11 is 0. The van der Waals surface area contributed by atoms with Crippen LogP contribution < -0.4 is 15.4 Å². The van der Waals surface area contributed by atoms with E-state index in [1.807, 2.05) is 6.92 Å². The number of hydrogen-bond donors (Lipinski definition) is 3. The predicted molar refractivity (Wildman–Crippen MR) is 101 cm³/mol. The van der Waals surface area contributed by atoms with Gasteiger partial charge in [0.2, 0.25) is 11.8 Å². The molecule has 0 saturated heterocycles. The quantitative estimate of drug-likeness (QED) is 0.644. The molecule has 1 atom stereocenters. The van der Waals surface area contributed by atoms with Gasteiger partial charge in [-0.1, -0.05) is 18.2 Å². The van der Waals surface area contributed by atoms with Gasteiger partial charge in [0.05, 0.1) is 30.3 Å². The van der Waals surface area contributed by atoms with Gasteiger partial charge in [-0.15, -0.1) is 0 Å². The minimum atomic E-state index is -1.27. The maximum atomic E-state index is 14.0. The van der Waals surface area contributed by atoms with Crippen LogP contribution in [0.4, 0.5) is 10.1 Å². The first-order valence-electron chi connectivity index (χ1n) is 8.63. The second-order valence-electron chi connectivity index (χ2n) is 5.98. The van der Waals surface area contributed by atoms with Crippen LogP contribution in [0, 0.1) is 5.82 Å². The molecule has 2 amide bonds. The highest BCUT2D eigenvalue weighted by Gasteiger charge is 2.21. The number of rotatable bonds is 8. The molecule has 2 rings (SSSR count). The average molecular weight is 388 g/mol. The van der Waals surface area contributed by atoms with Crippen LogP contribution in [-0.4, -0.2) is 29.5 Å². The standard InChI is InChI=1S/C20H21FN2O5/c1-3-28-18-7-5-4-6-14(18)17(22-12(2)24)11-19(25)23-16-9-8-13(20(26)27)10-15(16)21/h4-10,17H,3,11H2,1-2H3,(H,22,24)(H,23,25)(H,26,27). The Kier molecular flexibility index (Phi) is 7.08. The van der Waals surface area contributed by atoms with Crippen molar-refractivity contribution >= 4 is 23.5 Å². The summed E-state index contributed by atoms with van der Waals surface area (Å²) in [5.41, 5.74) is 0.253. The van der Waals surface area contributed by atoms with E-state index in [1.165, 1.54) is 19.1 Å². The van der Waals surface area contributed by atoms with Gasteiger partial charge in [0, 0.05) is 12.5 Å². The minimum absolute atomic E-state index is 0.144. The highest BCUT2D eigenvalue weighted by Crippen LogP contribution is 2.28. The molecule has 3 N–H and O–H groups in total. The summed E-state index contributed by atoms with van der Waals surface area (Å²) < 4.78 is 19.6. The third kappa shape index (κ3) is 5.54. The van der Waals surface area contributed by atoms with Crippen molar-refractivity contribution in [2.75, 3.05) is 11.9 Å². The lowest BCUT2D eigenvalue weighted by Gasteiger charge is -2.21. The summed E-state index contributed by atoms with van der Waals surface area (Å²) in [6.07, 6.45) is -0.163. The molecule has 0 fully saturated rings. The molecule has 8 heteroatoms. The number of carbonyl (C=O) groups excluding carboxylic acids is 2. The van der Waals surface area contributed by atoms with E-state index >= 15 is 0 Å². The molecule has 0 aliphatic heterocycles. The van der Waals surface area contributed by atoms with Crippen LogP contribution in [0.3, 0.4) is 0 Å². The Morgan fingerprint density at radius 1 is 1.18 bits per heavy atom. The number of carboxylic acids is 1. The number of ether oxygens (including phenoxy) is 1. The first kappa shape index (κ1) is 20.9. The number of para-hydroxylation sites is 1. The lowest BCUT2D eigenvalue weighted by molar-refractivity contribution is -0.120. The third-order valence-corrected chi connectivity index (χ3v) is 3.85. The molecule has 0 radical (unpaired) electrons. The van der Waals surface area contributed by atoms with Gasteiger partial charge in [-0.3, -0.25) is 9.59 Å². The Bertz CT molecular complexity index is 885. The zero-order valence-electron chi connectivity index (χ0n) is 15.5. The van der Waals surface area contributed by atoms with Gasteiger partial charge in [0.25, 0.3) is 0 Å². The fraction of sp³-hybridized carbons (Fsp3) is 0.250. The number of carbonyl (C=O) groups is 3. The van der Waals surface area contributed by atoms with E-state index in [9.17, 15) is 18.8 Å². The number of benzene rings is 2. The zero-order chi connectivity index (χ0) is 20.7. The summed E-state index contributed by atoms with van der Waals surface area (Å²) in [4.78, 5) is 34.9. The van der Waals surface area contributed by atoms with E-state index in [4.69, 9.17) is 9.84 Å². The summed E-state index contributed by atoms with van der Waals surface area (Å²) in [5.74, 6) is -2.48. The summed E-state index contributed by atoms with van der Waals surface area (Å²) in [7, 11) is 0. The van der Waals surface area contributed by atoms with E-state index in [0.717, 1.165) is 6.07 Å². The number of anilines is 1. The molecule has 28 heavy (non-hydrogen) atoms. The van der Waals surface area contributed by atoms with Crippen molar-refractivity contribution in [2.45, 2.75) is 26.3 Å². The Hall–Kier alpha value is -3.42. The SMILES string of the molecule is CCOc1ccccc1C(CC(=O)Nc1ccc(C(=O)O)cc1F)NC(C)=O. The van der Waals surface area contributed by atoms with E-state index in [1.54, 1.807) is 24.3 Å². The Balaban J connectivity index is 2.20. The molecule has 0 heterocycles. The summed E-state index contributed by atoms with van der Waals surface area (Å²) in [5, 5.41) is 14.0. The van der Waals surface area contributed by atoms with E-state index in [-0.39, 0.29) is 23.6 Å². The number of carboxylic acid groups (broad SMARTS) is 1. The Morgan fingerprint density at radius 3 is 2.50 bits per heavy atom. The number of aromatic carboxylic acids is 1. The van der Waals surface area contributed by atoms with Gasteiger partial charge in [-0.2, -0.15) is 0 Å². The molecule has 0 aliphatic carbocycles. The first-order valence-corrected chi connectivity index (χ1v) is 8.63. The van der Waals surface area contributed by atoms with Crippen molar-refractivity contribution in [2.24, 2.45) is 0 Å². The van der Waals surface area contributed by atoms with E-state index in [0.29, 0.717) is 17.9 Å². The van der Waals surface area contributed by atoms with Gasteiger partial charge in [-0.25, -0.2) is 9.18 Å². The molecule has 2 aromatic rings. The molecule has 1 unspecified atom stereocenters. The van der Waals surface area contributed by atoms with E-state index in [2.05, 4.69) is 10.6 Å². The molecule has 0 aromatic heterocycles. The van der Waals surface area contributed by atoms with Gasteiger partial charge < -0.3 is 20.5 Å². The van der Waals surface area contributed by atoms with Crippen LogP contribution >= 0.6 is 0 Å². The average Bonchev–Trinajstić information content (AvgIpc) is 2.63. The molecular weight excluding hydrogens is 367 g/mol. The van der Waals surface area contributed by atoms with Crippen molar-refractivity contribution in [3.63, 3.8) is 0 Å². The largest absolute Gasteiger partial charge is 0.494 e. The highest BCUT2D eigenvalue weighted by molar-refractivity contribution is 5.93. The highest BCUT2D eigenvalue weighted by atomic mass is 19.1. The summed E-state index contributed by atoms with van der Waals surface area (Å²) in [6, 6.07) is 9.52. The lowest BCUT2D eigenvalue weighted by Crippen LogP contribution is -2.30. The van der Waals surface area contributed by atoms with Crippen molar-refractivity contribution < 1.29 is 28.6 Å². The molecule has 148 valence electrons. The molecule has 7 nitrogen and oxygen atoms in total. The normalized spacial score (nSPS) is 11.4. The maximum absolute atomic E-state index is 14.0. The number of hydrogen-bond acceptors (Lipinski definition) is 4. The summed E-state index contributed by atoms with van der Waals surface area (Å²) in [6.45, 7) is 3.57. The monoisotopic (exact) mass is 388 g/mol. The fourth-order valence-corrected chi connectivity index (χ4v) is 2.68. The Labute approximate surface area is 161 Å². The van der Waals surface area contributed by atoms with Crippen LogP contribution in [0.5, 0.6) is 5.75 Å². The first-order chi connectivity index (χ1) is 13.3. The van der Waals surface area contributed by atoms with E-state index < -0.39 is 23.7 Å². The number of nitrogens with one attached hydrogen (secondary N) is 2. The van der Waals surface area contributed by atoms with Gasteiger partial charge in [-0.05, 0) is 31.2 Å². The zero-order valence-corrected chi connectivity index (χ0v) is 15.5. The van der Waals surface area contributed by atoms with Gasteiger partial charge in [0.15, 0.2) is 0 Å². The molecular formula is C20H21FN2O5. The van der Waals surface area contributed by atoms with Crippen molar-refractivity contribution in [1.82, 2.24) is 5.32 Å². The van der Waals surface area contributed by atoms with Crippen LogP contribution in [0.1, 0.15) is 42.2 Å². The number of amides is 2. The topological polar surface area (TPSA) is 105 Å². The van der Waals surface area contributed by atoms with Crippen molar-refractivity contribution in [3.8, 4) is 5.75 Å². The molecule has 0 bridgehead atoms. The smallest absolute Gasteiger partial charge is 0.335 e. The van der Waals surface area contributed by atoms with Crippen molar-refractivity contribution in [3.05, 3.63) is 59.4 Å². The number of halogens is 1. The van der Waals surface area contributed by atoms with Crippen LogP contribution in [-0.2, 0) is 9.59 Å². The van der Waals surface area contributed by atoms with Crippen molar-refractivity contribution in [1.29, 1.82) is 0 Å². The van der Waals surface area contributed by atoms with Crippen LogP contribution in [0.25, 0.3) is 0 Å². The van der Waals surface area contributed by atoms with Crippen LogP contribution in [0.15, 0.2) is 42.5 Å². The molecule has 0 aliphatic rings. The fourth-order valence-electron chi connectivity index (χ4n) is 2.68. The maximum Gasteiger partial charge on any atom is 0.335 e. The lowest BCUT2D eigenvalue weighted by atomic mass is 10.0. The van der Waals surface area contributed by atoms with Gasteiger partial charge >= 0.3 is 5.97 Å². The second kappa shape index (κ2) is 9.50. The second-order valence-corrected chi connectivity index (χ2v) is 5.98. The molecule has 2 aromatic carbocycles. The minimum Gasteiger partial charge on any atom is -0.494 e. The Morgan fingerprint density at radius 2 is 1.89 bits per heavy atom. The molecule has 0 spiro atoms.